The highest BCUT2D eigenvalue weighted by atomic mass is 35.5. The van der Waals surface area contributed by atoms with Gasteiger partial charge in [0.05, 0.1) is 17.0 Å². The van der Waals surface area contributed by atoms with E-state index in [1.54, 1.807) is 18.2 Å². The van der Waals surface area contributed by atoms with Crippen molar-refractivity contribution >= 4 is 11.6 Å². The molecule has 5 rings (SSSR count). The summed E-state index contributed by atoms with van der Waals surface area (Å²) in [5.41, 5.74) is 6.66. The van der Waals surface area contributed by atoms with E-state index in [1.807, 2.05) is 36.4 Å². The van der Waals surface area contributed by atoms with Gasteiger partial charge in [-0.3, -0.25) is 4.57 Å². The number of hydrogen-bond donors (Lipinski definition) is 1. The lowest BCUT2D eigenvalue weighted by Gasteiger charge is -2.15. The molecule has 0 saturated carbocycles. The fourth-order valence-corrected chi connectivity index (χ4v) is 4.25. The van der Waals surface area contributed by atoms with Crippen molar-refractivity contribution in [1.29, 1.82) is 0 Å². The molecule has 0 spiro atoms. The average Bonchev–Trinajstić information content (AvgIpc) is 3.27. The summed E-state index contributed by atoms with van der Waals surface area (Å²) >= 11 is 6.34. The van der Waals surface area contributed by atoms with Gasteiger partial charge in [-0.25, -0.2) is 4.98 Å². The van der Waals surface area contributed by atoms with Gasteiger partial charge in [0.25, 0.3) is 0 Å². The SMILES string of the molecule is CCc1ccc(-n2c(-c3cc(Cl)ccc3O)nc(-c3ccccc3)c2-c2ccccc2)cc1. The number of nitrogens with zero attached hydrogens (tertiary/aromatic N) is 2. The van der Waals surface area contributed by atoms with Gasteiger partial charge in [-0.1, -0.05) is 91.3 Å². The Morgan fingerprint density at radius 3 is 2.06 bits per heavy atom. The summed E-state index contributed by atoms with van der Waals surface area (Å²) < 4.78 is 2.11. The van der Waals surface area contributed by atoms with Gasteiger partial charge in [0.2, 0.25) is 0 Å². The van der Waals surface area contributed by atoms with Crippen LogP contribution in [0.5, 0.6) is 5.75 Å². The smallest absolute Gasteiger partial charge is 0.149 e. The Bertz CT molecular complexity index is 1390. The van der Waals surface area contributed by atoms with Crippen LogP contribution in [0.1, 0.15) is 12.5 Å². The number of hydrogen-bond acceptors (Lipinski definition) is 2. The molecule has 0 fully saturated rings. The van der Waals surface area contributed by atoms with Crippen LogP contribution in [0.3, 0.4) is 0 Å². The van der Waals surface area contributed by atoms with E-state index in [-0.39, 0.29) is 5.75 Å². The minimum absolute atomic E-state index is 0.134. The maximum atomic E-state index is 10.8. The van der Waals surface area contributed by atoms with Crippen molar-refractivity contribution < 1.29 is 5.11 Å². The summed E-state index contributed by atoms with van der Waals surface area (Å²) in [5, 5.41) is 11.3. The zero-order valence-electron chi connectivity index (χ0n) is 18.2. The molecule has 0 aliphatic heterocycles. The molecule has 3 nitrogen and oxygen atoms in total. The predicted molar refractivity (Wildman–Crippen MR) is 136 cm³/mol. The predicted octanol–water partition coefficient (Wildman–Crippen LogP) is 7.79. The van der Waals surface area contributed by atoms with Crippen molar-refractivity contribution in [3.05, 3.63) is 114 Å². The van der Waals surface area contributed by atoms with E-state index in [2.05, 4.69) is 60.0 Å². The first-order valence-corrected chi connectivity index (χ1v) is 11.4. The van der Waals surface area contributed by atoms with Crippen LogP contribution in [0.2, 0.25) is 5.02 Å². The van der Waals surface area contributed by atoms with Crippen LogP contribution < -0.4 is 0 Å². The summed E-state index contributed by atoms with van der Waals surface area (Å²) in [6.07, 6.45) is 0.965. The largest absolute Gasteiger partial charge is 0.507 e. The van der Waals surface area contributed by atoms with Crippen molar-refractivity contribution in [2.75, 3.05) is 0 Å². The second-order valence-electron chi connectivity index (χ2n) is 7.88. The number of halogens is 1. The maximum Gasteiger partial charge on any atom is 0.149 e. The summed E-state index contributed by atoms with van der Waals surface area (Å²) in [4.78, 5) is 5.09. The van der Waals surface area contributed by atoms with Crippen LogP contribution in [0.4, 0.5) is 0 Å². The molecule has 0 aliphatic carbocycles. The van der Waals surface area contributed by atoms with E-state index in [0.29, 0.717) is 16.4 Å². The molecule has 0 radical (unpaired) electrons. The monoisotopic (exact) mass is 450 g/mol. The van der Waals surface area contributed by atoms with Gasteiger partial charge in [-0.2, -0.15) is 0 Å². The first-order valence-electron chi connectivity index (χ1n) is 11.0. The molecule has 0 aliphatic rings. The molecular weight excluding hydrogens is 428 g/mol. The van der Waals surface area contributed by atoms with Gasteiger partial charge in [0.15, 0.2) is 0 Å². The molecular formula is C29H23ClN2O. The zero-order valence-corrected chi connectivity index (χ0v) is 19.0. The Balaban J connectivity index is 1.89. The lowest BCUT2D eigenvalue weighted by Crippen LogP contribution is -2.01. The molecule has 1 heterocycles. The topological polar surface area (TPSA) is 38.0 Å². The Morgan fingerprint density at radius 1 is 0.788 bits per heavy atom. The Morgan fingerprint density at radius 2 is 1.42 bits per heavy atom. The van der Waals surface area contributed by atoms with E-state index in [9.17, 15) is 5.11 Å². The molecule has 162 valence electrons. The molecule has 1 N–H and O–H groups in total. The summed E-state index contributed by atoms with van der Waals surface area (Å²) in [6.45, 7) is 2.14. The third-order valence-electron chi connectivity index (χ3n) is 5.77. The number of rotatable bonds is 5. The normalized spacial score (nSPS) is 11.0. The average molecular weight is 451 g/mol. The van der Waals surface area contributed by atoms with Crippen molar-refractivity contribution in [1.82, 2.24) is 9.55 Å². The zero-order chi connectivity index (χ0) is 22.8. The first-order chi connectivity index (χ1) is 16.2. The fraction of sp³-hybridized carbons (Fsp3) is 0.0690. The minimum Gasteiger partial charge on any atom is -0.507 e. The molecule has 0 amide bonds. The van der Waals surface area contributed by atoms with E-state index in [0.717, 1.165) is 34.6 Å². The highest BCUT2D eigenvalue weighted by molar-refractivity contribution is 6.31. The number of aryl methyl sites for hydroxylation is 1. The standard InChI is InChI=1S/C29H23ClN2O/c1-2-20-13-16-24(17-14-20)32-28(22-11-7-4-8-12-22)27(21-9-5-3-6-10-21)31-29(32)25-19-23(30)15-18-26(25)33/h3-19,33H,2H2,1H3. The van der Waals surface area contributed by atoms with Crippen molar-refractivity contribution in [2.45, 2.75) is 13.3 Å². The summed E-state index contributed by atoms with van der Waals surface area (Å²) in [7, 11) is 0. The third kappa shape index (κ3) is 4.04. The van der Waals surface area contributed by atoms with Gasteiger partial charge >= 0.3 is 0 Å². The number of phenolic OH excluding ortho intramolecular Hbond substituents is 1. The molecule has 1 aromatic heterocycles. The van der Waals surface area contributed by atoms with Crippen LogP contribution in [-0.2, 0) is 6.42 Å². The number of phenols is 1. The van der Waals surface area contributed by atoms with Gasteiger partial charge in [0, 0.05) is 21.8 Å². The molecule has 0 atom stereocenters. The maximum absolute atomic E-state index is 10.8. The highest BCUT2D eigenvalue weighted by Crippen LogP contribution is 2.41. The Hall–Kier alpha value is -3.82. The van der Waals surface area contributed by atoms with E-state index >= 15 is 0 Å². The Kier molecular flexibility index (Phi) is 5.72. The lowest BCUT2D eigenvalue weighted by atomic mass is 10.0. The van der Waals surface area contributed by atoms with Crippen molar-refractivity contribution in [3.8, 4) is 45.3 Å². The molecule has 0 bridgehead atoms. The molecule has 4 heteroatoms. The van der Waals surface area contributed by atoms with Crippen LogP contribution in [0.15, 0.2) is 103 Å². The molecule has 0 unspecified atom stereocenters. The first kappa shape index (κ1) is 21.0. The van der Waals surface area contributed by atoms with Gasteiger partial charge in [-0.15, -0.1) is 0 Å². The summed E-state index contributed by atoms with van der Waals surface area (Å²) in [5.74, 6) is 0.770. The fourth-order valence-electron chi connectivity index (χ4n) is 4.08. The van der Waals surface area contributed by atoms with Crippen LogP contribution in [-0.4, -0.2) is 14.7 Å². The minimum atomic E-state index is 0.134. The quantitative estimate of drug-likeness (QED) is 0.296. The second-order valence-corrected chi connectivity index (χ2v) is 8.32. The molecule has 5 aromatic rings. The second kappa shape index (κ2) is 8.97. The summed E-state index contributed by atoms with van der Waals surface area (Å²) in [6, 6.07) is 33.9. The third-order valence-corrected chi connectivity index (χ3v) is 6.01. The lowest BCUT2D eigenvalue weighted by molar-refractivity contribution is 0.477. The van der Waals surface area contributed by atoms with Crippen LogP contribution in [0, 0.1) is 0 Å². The van der Waals surface area contributed by atoms with Crippen LogP contribution >= 0.6 is 11.6 Å². The van der Waals surface area contributed by atoms with Crippen molar-refractivity contribution in [2.24, 2.45) is 0 Å². The highest BCUT2D eigenvalue weighted by Gasteiger charge is 2.24. The molecule has 4 aromatic carbocycles. The van der Waals surface area contributed by atoms with E-state index < -0.39 is 0 Å². The van der Waals surface area contributed by atoms with Crippen molar-refractivity contribution in [3.63, 3.8) is 0 Å². The van der Waals surface area contributed by atoms with E-state index in [4.69, 9.17) is 16.6 Å². The number of imidazole rings is 1. The number of aromatic hydroxyl groups is 1. The number of aromatic nitrogens is 2. The van der Waals surface area contributed by atoms with Gasteiger partial charge in [-0.05, 0) is 42.3 Å². The molecule has 0 saturated heterocycles. The molecule has 33 heavy (non-hydrogen) atoms. The number of benzene rings is 4. The van der Waals surface area contributed by atoms with E-state index in [1.165, 1.54) is 5.56 Å². The van der Waals surface area contributed by atoms with Crippen LogP contribution in [0.25, 0.3) is 39.6 Å². The Labute approximate surface area is 198 Å². The van der Waals surface area contributed by atoms with Gasteiger partial charge < -0.3 is 5.11 Å². The van der Waals surface area contributed by atoms with Gasteiger partial charge in [0.1, 0.15) is 11.6 Å².